The van der Waals surface area contributed by atoms with Gasteiger partial charge in [0, 0.05) is 49.1 Å². The van der Waals surface area contributed by atoms with Crippen LogP contribution in [0.2, 0.25) is 0 Å². The Bertz CT molecular complexity index is 1030. The number of rotatable bonds is 5. The minimum atomic E-state index is -0.165. The number of nitrogens with zero attached hydrogens (tertiary/aromatic N) is 3. The van der Waals surface area contributed by atoms with Crippen LogP contribution >= 0.6 is 23.1 Å². The minimum absolute atomic E-state index is 0.0733. The summed E-state index contributed by atoms with van der Waals surface area (Å²) in [7, 11) is 0. The van der Waals surface area contributed by atoms with Gasteiger partial charge in [-0.05, 0) is 29.9 Å². The molecule has 4 heterocycles. The molecule has 1 aromatic carbocycles. The molecule has 2 aromatic rings. The second kappa shape index (κ2) is 8.84. The first-order chi connectivity index (χ1) is 15.2. The van der Waals surface area contributed by atoms with Gasteiger partial charge in [-0.2, -0.15) is 0 Å². The Hall–Kier alpha value is -2.65. The Morgan fingerprint density at radius 2 is 2.06 bits per heavy atom. The first kappa shape index (κ1) is 20.3. The number of thiazole rings is 1. The number of amides is 2. The van der Waals surface area contributed by atoms with Gasteiger partial charge in [-0.15, -0.1) is 11.3 Å². The minimum Gasteiger partial charge on any atom is -0.362 e. The summed E-state index contributed by atoms with van der Waals surface area (Å²) in [5.41, 5.74) is 2.44. The number of carbonyl (C=O) groups is 2. The van der Waals surface area contributed by atoms with Crippen LogP contribution in [0.1, 0.15) is 52.2 Å². The van der Waals surface area contributed by atoms with Gasteiger partial charge in [0.2, 0.25) is 5.91 Å². The number of hydrogen-bond donors (Lipinski definition) is 2. The van der Waals surface area contributed by atoms with Gasteiger partial charge in [-0.25, -0.2) is 4.98 Å². The maximum absolute atomic E-state index is 12.9. The lowest BCUT2D eigenvalue weighted by Gasteiger charge is -2.31. The Morgan fingerprint density at radius 3 is 2.87 bits per heavy atom. The molecule has 9 heteroatoms. The van der Waals surface area contributed by atoms with E-state index in [2.05, 4.69) is 26.7 Å². The van der Waals surface area contributed by atoms with Crippen molar-refractivity contribution in [3.05, 3.63) is 57.5 Å². The van der Waals surface area contributed by atoms with E-state index in [0.29, 0.717) is 18.0 Å². The molecule has 31 heavy (non-hydrogen) atoms. The zero-order valence-corrected chi connectivity index (χ0v) is 18.5. The number of likely N-dealkylation sites (tertiary alicyclic amines) is 1. The fourth-order valence-corrected chi connectivity index (χ4v) is 5.77. The summed E-state index contributed by atoms with van der Waals surface area (Å²) in [6, 6.07) is 8.02. The van der Waals surface area contributed by atoms with Crippen LogP contribution in [-0.2, 0) is 4.79 Å². The van der Waals surface area contributed by atoms with Crippen LogP contribution in [0.15, 0.2) is 46.2 Å². The van der Waals surface area contributed by atoms with E-state index < -0.39 is 0 Å². The Labute approximate surface area is 189 Å². The maximum atomic E-state index is 12.9. The molecule has 0 spiro atoms. The zero-order chi connectivity index (χ0) is 21.2. The molecule has 3 aliphatic rings. The first-order valence-electron chi connectivity index (χ1n) is 10.4. The van der Waals surface area contributed by atoms with Gasteiger partial charge in [-0.3, -0.25) is 14.6 Å². The van der Waals surface area contributed by atoms with Crippen LogP contribution in [-0.4, -0.2) is 46.5 Å². The van der Waals surface area contributed by atoms with Gasteiger partial charge in [0.25, 0.3) is 5.91 Å². The number of thioether (sulfide) groups is 1. The van der Waals surface area contributed by atoms with Crippen molar-refractivity contribution >= 4 is 46.8 Å². The highest BCUT2D eigenvalue weighted by Crippen LogP contribution is 2.35. The largest absolute Gasteiger partial charge is 0.362 e. The SMILES string of the molecule is O=C(NC1NC=CS1)c1csc(C2CCN(C(=O)CC3C=Nc4ccccc43)CC2)n1. The maximum Gasteiger partial charge on any atom is 0.273 e. The van der Waals surface area contributed by atoms with Crippen LogP contribution in [0.4, 0.5) is 5.69 Å². The Morgan fingerprint density at radius 1 is 1.23 bits per heavy atom. The molecule has 0 radical (unpaired) electrons. The lowest BCUT2D eigenvalue weighted by molar-refractivity contribution is -0.132. The summed E-state index contributed by atoms with van der Waals surface area (Å²) in [6.07, 6.45) is 5.93. The Kier molecular flexibility index (Phi) is 5.78. The fourth-order valence-electron chi connectivity index (χ4n) is 4.16. The highest BCUT2D eigenvalue weighted by atomic mass is 32.2. The molecule has 0 bridgehead atoms. The van der Waals surface area contributed by atoms with Gasteiger partial charge in [0.15, 0.2) is 5.50 Å². The van der Waals surface area contributed by atoms with E-state index in [1.165, 1.54) is 23.1 Å². The molecule has 2 amide bonds. The van der Waals surface area contributed by atoms with Gasteiger partial charge in [-0.1, -0.05) is 30.0 Å². The van der Waals surface area contributed by atoms with Crippen LogP contribution in [0.3, 0.4) is 0 Å². The number of piperidine rings is 1. The van der Waals surface area contributed by atoms with E-state index in [9.17, 15) is 9.59 Å². The van der Waals surface area contributed by atoms with Gasteiger partial charge in [0.1, 0.15) is 5.69 Å². The number of hydrogen-bond acceptors (Lipinski definition) is 7. The molecular formula is C22H23N5O2S2. The zero-order valence-electron chi connectivity index (χ0n) is 16.9. The molecule has 160 valence electrons. The van der Waals surface area contributed by atoms with Crippen molar-refractivity contribution in [3.63, 3.8) is 0 Å². The fraction of sp³-hybridized carbons (Fsp3) is 0.364. The third kappa shape index (κ3) is 4.38. The van der Waals surface area contributed by atoms with Crippen molar-refractivity contribution in [1.82, 2.24) is 20.5 Å². The third-order valence-corrected chi connectivity index (χ3v) is 7.69. The van der Waals surface area contributed by atoms with Crippen molar-refractivity contribution in [2.45, 2.75) is 36.6 Å². The molecule has 7 nitrogen and oxygen atoms in total. The molecular weight excluding hydrogens is 430 g/mol. The molecule has 2 unspecified atom stereocenters. The number of nitrogens with one attached hydrogen (secondary N) is 2. The lowest BCUT2D eigenvalue weighted by atomic mass is 9.94. The van der Waals surface area contributed by atoms with E-state index >= 15 is 0 Å². The number of fused-ring (bicyclic) bond motifs is 1. The molecule has 5 rings (SSSR count). The topological polar surface area (TPSA) is 86.7 Å². The summed E-state index contributed by atoms with van der Waals surface area (Å²) in [6.45, 7) is 1.45. The van der Waals surface area contributed by atoms with Crippen molar-refractivity contribution in [1.29, 1.82) is 0 Å². The molecule has 3 aliphatic heterocycles. The summed E-state index contributed by atoms with van der Waals surface area (Å²) < 4.78 is 0. The monoisotopic (exact) mass is 453 g/mol. The van der Waals surface area contributed by atoms with Crippen LogP contribution in [0.25, 0.3) is 0 Å². The van der Waals surface area contributed by atoms with Crippen LogP contribution in [0.5, 0.6) is 0 Å². The van der Waals surface area contributed by atoms with Crippen molar-refractivity contribution in [3.8, 4) is 0 Å². The molecule has 1 aromatic heterocycles. The summed E-state index contributed by atoms with van der Waals surface area (Å²) >= 11 is 3.05. The van der Waals surface area contributed by atoms with E-state index in [1.807, 2.05) is 46.3 Å². The molecule has 0 saturated carbocycles. The first-order valence-corrected chi connectivity index (χ1v) is 12.2. The van der Waals surface area contributed by atoms with Crippen molar-refractivity contribution in [2.75, 3.05) is 13.1 Å². The number of para-hydroxylation sites is 1. The number of aliphatic imine (C=N–C) groups is 1. The highest BCUT2D eigenvalue weighted by molar-refractivity contribution is 8.02. The quantitative estimate of drug-likeness (QED) is 0.723. The highest BCUT2D eigenvalue weighted by Gasteiger charge is 2.29. The summed E-state index contributed by atoms with van der Waals surface area (Å²) in [4.78, 5) is 36.2. The number of benzene rings is 1. The number of aromatic nitrogens is 1. The van der Waals surface area contributed by atoms with Gasteiger partial charge in [0.05, 0.1) is 10.7 Å². The standard InChI is InChI=1S/C22H23N5O2S2/c28-19(11-15-12-24-17-4-2-1-3-16(15)17)27-8-5-14(6-9-27)21-25-18(13-31-21)20(29)26-22-23-7-10-30-22/h1-4,7,10,12-15,22-23H,5-6,8-9,11H2,(H,26,29). The van der Waals surface area contributed by atoms with Gasteiger partial charge < -0.3 is 15.5 Å². The molecule has 1 fully saturated rings. The van der Waals surface area contributed by atoms with E-state index in [-0.39, 0.29) is 23.2 Å². The number of carbonyl (C=O) groups excluding carboxylic acids is 2. The average molecular weight is 454 g/mol. The Balaban J connectivity index is 1.13. The molecule has 0 aliphatic carbocycles. The second-order valence-electron chi connectivity index (χ2n) is 7.83. The molecule has 2 atom stereocenters. The molecule has 1 saturated heterocycles. The van der Waals surface area contributed by atoms with E-state index in [0.717, 1.165) is 42.2 Å². The third-order valence-electron chi connectivity index (χ3n) is 5.87. The van der Waals surface area contributed by atoms with Crippen molar-refractivity contribution in [2.24, 2.45) is 4.99 Å². The lowest BCUT2D eigenvalue weighted by Crippen LogP contribution is -2.39. The molecule has 2 N–H and O–H groups in total. The predicted molar refractivity (Wildman–Crippen MR) is 124 cm³/mol. The van der Waals surface area contributed by atoms with Crippen LogP contribution < -0.4 is 10.6 Å². The van der Waals surface area contributed by atoms with Crippen LogP contribution in [0, 0.1) is 0 Å². The van der Waals surface area contributed by atoms with E-state index in [4.69, 9.17) is 0 Å². The summed E-state index contributed by atoms with van der Waals surface area (Å²) in [5.74, 6) is 0.387. The normalized spacial score (nSPS) is 22.4. The summed E-state index contributed by atoms with van der Waals surface area (Å²) in [5, 5.41) is 10.7. The van der Waals surface area contributed by atoms with Crippen molar-refractivity contribution < 1.29 is 9.59 Å². The van der Waals surface area contributed by atoms with Gasteiger partial charge >= 0.3 is 0 Å². The predicted octanol–water partition coefficient (Wildman–Crippen LogP) is 3.56. The second-order valence-corrected chi connectivity index (χ2v) is 9.74. The average Bonchev–Trinajstić information content (AvgIpc) is 3.55. The van der Waals surface area contributed by atoms with E-state index in [1.54, 1.807) is 0 Å². The smallest absolute Gasteiger partial charge is 0.273 e.